The summed E-state index contributed by atoms with van der Waals surface area (Å²) in [5.41, 5.74) is -8.90. The Morgan fingerprint density at radius 3 is 1.29 bits per heavy atom. The average Bonchev–Trinajstić information content (AvgIpc) is 2.91. The maximum atomic E-state index is 13.8. The third kappa shape index (κ3) is 8.40. The van der Waals surface area contributed by atoms with E-state index in [1.165, 1.54) is 12.1 Å². The number of halogens is 9. The molecule has 0 N–H and O–H groups in total. The highest BCUT2D eigenvalue weighted by Crippen LogP contribution is 2.59. The topological polar surface area (TPSA) is 55.3 Å². The predicted octanol–water partition coefficient (Wildman–Crippen LogP) is 6.54. The molecule has 1 aliphatic carbocycles. The molecular weight excluding hydrogens is 616 g/mol. The highest BCUT2D eigenvalue weighted by Gasteiger charge is 2.57. The van der Waals surface area contributed by atoms with Gasteiger partial charge in [0.2, 0.25) is 0 Å². The summed E-state index contributed by atoms with van der Waals surface area (Å²) in [7, 11) is 5.36. The van der Waals surface area contributed by atoms with Crippen LogP contribution in [0.1, 0.15) is 59.1 Å². The molecule has 0 radical (unpaired) electrons. The molecule has 1 saturated carbocycles. The van der Waals surface area contributed by atoms with E-state index in [1.807, 2.05) is 0 Å². The van der Waals surface area contributed by atoms with Crippen molar-refractivity contribution in [1.29, 1.82) is 0 Å². The molecule has 0 bridgehead atoms. The maximum Gasteiger partial charge on any atom is 0.416 e. The fourth-order valence-electron chi connectivity index (χ4n) is 5.75. The van der Waals surface area contributed by atoms with Crippen LogP contribution in [0.5, 0.6) is 0 Å². The Kier molecular flexibility index (Phi) is 10.5. The summed E-state index contributed by atoms with van der Waals surface area (Å²) in [6.07, 6.45) is -14.9. The first-order valence-corrected chi connectivity index (χ1v) is 13.8. The number of alkyl halides is 9. The predicted molar refractivity (Wildman–Crippen MR) is 146 cm³/mol. The average molecular weight is 648 g/mol. The molecule has 0 aliphatic heterocycles. The van der Waals surface area contributed by atoms with Crippen LogP contribution in [-0.2, 0) is 34.2 Å². The quantitative estimate of drug-likeness (QED) is 0.179. The van der Waals surface area contributed by atoms with E-state index in [0.29, 0.717) is 24.3 Å². The molecular formula is C31H32BF9NO3-. The van der Waals surface area contributed by atoms with E-state index in [0.717, 1.165) is 40.9 Å². The van der Waals surface area contributed by atoms with Crippen molar-refractivity contribution in [2.75, 3.05) is 28.2 Å². The Morgan fingerprint density at radius 2 is 0.933 bits per heavy atom. The molecule has 4 nitrogen and oxygen atoms in total. The lowest BCUT2D eigenvalue weighted by molar-refractivity contribution is -0.849. The van der Waals surface area contributed by atoms with Crippen molar-refractivity contribution in [1.82, 2.24) is 0 Å². The van der Waals surface area contributed by atoms with Gasteiger partial charge in [0, 0.05) is 0 Å². The SMILES string of the molecule is C[N+](C)(C)C.[O-]B([O-])OC1(c2cccc(C(F)(F)F)c2)CCCCC1(c1cccc(C(F)(F)F)c1)c1cccc(C(F)(F)F)c1. The zero-order valence-corrected chi connectivity index (χ0v) is 24.9. The van der Waals surface area contributed by atoms with E-state index >= 15 is 0 Å². The molecule has 45 heavy (non-hydrogen) atoms. The third-order valence-electron chi connectivity index (χ3n) is 7.34. The standard InChI is InChI=1S/C27H20BF9O3.C4H12N/c29-25(30,31)20-9-3-6-17(14-20)23(18-7-4-10-21(15-18)26(32,33)34)12-1-2-13-24(23,40-28(38)39)19-8-5-11-22(16-19)27(35,36)37;1-5(2,3)4/h3-11,14-16H,1-2,12-13H2;1-4H3/q-2;+1. The monoisotopic (exact) mass is 648 g/mol. The number of hydrogen-bond donors (Lipinski definition) is 0. The molecule has 0 amide bonds. The fourth-order valence-corrected chi connectivity index (χ4v) is 5.75. The van der Waals surface area contributed by atoms with Crippen molar-refractivity contribution in [2.45, 2.75) is 55.2 Å². The number of rotatable bonds is 5. The van der Waals surface area contributed by atoms with E-state index < -0.39 is 53.6 Å². The van der Waals surface area contributed by atoms with Crippen LogP contribution in [-0.4, -0.2) is 40.0 Å². The van der Waals surface area contributed by atoms with E-state index in [2.05, 4.69) is 28.2 Å². The van der Waals surface area contributed by atoms with Gasteiger partial charge >= 0.3 is 18.5 Å². The molecule has 0 spiro atoms. The van der Waals surface area contributed by atoms with Crippen LogP contribution in [0.15, 0.2) is 72.8 Å². The van der Waals surface area contributed by atoms with Crippen molar-refractivity contribution in [2.24, 2.45) is 0 Å². The van der Waals surface area contributed by atoms with Gasteiger partial charge in [0.25, 0.3) is 0 Å². The fraction of sp³-hybridized carbons (Fsp3) is 0.419. The van der Waals surface area contributed by atoms with Crippen molar-refractivity contribution < 1.29 is 58.7 Å². The largest absolute Gasteiger partial charge is 0.871 e. The van der Waals surface area contributed by atoms with Crippen LogP contribution < -0.4 is 10.0 Å². The molecule has 0 saturated heterocycles. The third-order valence-corrected chi connectivity index (χ3v) is 7.34. The van der Waals surface area contributed by atoms with Gasteiger partial charge in [-0.3, -0.25) is 0 Å². The zero-order chi connectivity index (χ0) is 34.1. The Morgan fingerprint density at radius 1 is 0.600 bits per heavy atom. The second kappa shape index (κ2) is 13.0. The lowest BCUT2D eigenvalue weighted by Gasteiger charge is -2.58. The minimum absolute atomic E-state index is 0.155. The molecule has 1 fully saturated rings. The van der Waals surface area contributed by atoms with Crippen LogP contribution in [0.25, 0.3) is 0 Å². The molecule has 4 rings (SSSR count). The highest BCUT2D eigenvalue weighted by molar-refractivity contribution is 6.28. The molecule has 0 heterocycles. The van der Waals surface area contributed by atoms with Crippen LogP contribution in [0.3, 0.4) is 0 Å². The van der Waals surface area contributed by atoms with Crippen molar-refractivity contribution in [3.63, 3.8) is 0 Å². The summed E-state index contributed by atoms with van der Waals surface area (Å²) in [5.74, 6) is 0. The lowest BCUT2D eigenvalue weighted by atomic mass is 9.53. The first-order chi connectivity index (χ1) is 20.5. The van der Waals surface area contributed by atoms with Crippen molar-refractivity contribution in [3.05, 3.63) is 106 Å². The molecule has 14 heteroatoms. The Hall–Kier alpha value is -3.07. The van der Waals surface area contributed by atoms with Gasteiger partial charge < -0.3 is 19.2 Å². The number of benzene rings is 3. The van der Waals surface area contributed by atoms with E-state index in [-0.39, 0.29) is 42.4 Å². The van der Waals surface area contributed by atoms with Crippen LogP contribution in [0.2, 0.25) is 0 Å². The second-order valence-corrected chi connectivity index (χ2v) is 12.3. The molecule has 1 atom stereocenters. The Labute approximate surface area is 255 Å². The first kappa shape index (κ1) is 36.4. The molecule has 246 valence electrons. The van der Waals surface area contributed by atoms with Gasteiger partial charge in [-0.25, -0.2) is 0 Å². The van der Waals surface area contributed by atoms with Gasteiger partial charge in [-0.1, -0.05) is 61.4 Å². The second-order valence-electron chi connectivity index (χ2n) is 12.3. The first-order valence-electron chi connectivity index (χ1n) is 13.8. The Balaban J connectivity index is 0.00000102. The molecule has 3 aromatic rings. The minimum Gasteiger partial charge on any atom is -0.871 e. The molecule has 0 aromatic heterocycles. The normalized spacial score (nSPS) is 19.0. The zero-order valence-electron chi connectivity index (χ0n) is 24.9. The van der Waals surface area contributed by atoms with Gasteiger partial charge in [0.05, 0.1) is 63.2 Å². The van der Waals surface area contributed by atoms with Crippen molar-refractivity contribution in [3.8, 4) is 0 Å². The van der Waals surface area contributed by atoms with Gasteiger partial charge in [-0.05, 0) is 53.8 Å². The van der Waals surface area contributed by atoms with Gasteiger partial charge in [-0.15, -0.1) is 0 Å². The van der Waals surface area contributed by atoms with Crippen LogP contribution in [0, 0.1) is 0 Å². The summed E-state index contributed by atoms with van der Waals surface area (Å²) < 4.78 is 130. The van der Waals surface area contributed by atoms with E-state index in [4.69, 9.17) is 4.65 Å². The van der Waals surface area contributed by atoms with E-state index in [1.54, 1.807) is 0 Å². The van der Waals surface area contributed by atoms with Crippen molar-refractivity contribution >= 4 is 7.32 Å². The summed E-state index contributed by atoms with van der Waals surface area (Å²) >= 11 is 0. The summed E-state index contributed by atoms with van der Waals surface area (Å²) in [6, 6.07) is 10.6. The maximum absolute atomic E-state index is 13.8. The minimum atomic E-state index is -4.89. The number of quaternary nitrogens is 1. The highest BCUT2D eigenvalue weighted by atomic mass is 19.4. The van der Waals surface area contributed by atoms with Crippen LogP contribution in [0.4, 0.5) is 39.5 Å². The van der Waals surface area contributed by atoms with E-state index in [9.17, 15) is 49.6 Å². The van der Waals surface area contributed by atoms with Gasteiger partial charge in [0.15, 0.2) is 0 Å². The Bertz CT molecular complexity index is 1390. The molecule has 1 aliphatic rings. The van der Waals surface area contributed by atoms with Gasteiger partial charge in [0.1, 0.15) is 0 Å². The van der Waals surface area contributed by atoms with Crippen LogP contribution >= 0.6 is 0 Å². The summed E-state index contributed by atoms with van der Waals surface area (Å²) in [4.78, 5) is 0. The lowest BCUT2D eigenvalue weighted by Crippen LogP contribution is -2.61. The number of hydrogen-bond acceptors (Lipinski definition) is 3. The molecule has 3 aromatic carbocycles. The summed E-state index contributed by atoms with van der Waals surface area (Å²) in [6.45, 7) is 0. The molecule has 1 unspecified atom stereocenters. The summed E-state index contributed by atoms with van der Waals surface area (Å²) in [5, 5.41) is 24.2. The van der Waals surface area contributed by atoms with Gasteiger partial charge in [-0.2, -0.15) is 39.5 Å². The number of nitrogens with zero attached hydrogens (tertiary/aromatic N) is 1. The smallest absolute Gasteiger partial charge is 0.416 e.